The summed E-state index contributed by atoms with van der Waals surface area (Å²) in [4.78, 5) is 16.1. The Morgan fingerprint density at radius 3 is 2.50 bits per heavy atom. The van der Waals surface area contributed by atoms with Crippen LogP contribution < -0.4 is 5.73 Å². The Balaban J connectivity index is 2.44. The number of hydrogen-bond acceptors (Lipinski definition) is 2. The van der Waals surface area contributed by atoms with Crippen molar-refractivity contribution in [1.29, 1.82) is 0 Å². The Bertz CT molecular complexity index is 202. The zero-order chi connectivity index (χ0) is 11.8. The Hall–Kier alpha value is -0.770. The first-order valence-corrected chi connectivity index (χ1v) is 6.53. The fraction of sp³-hybridized carbons (Fsp3) is 0.917. The van der Waals surface area contributed by atoms with Gasteiger partial charge in [-0.15, -0.1) is 0 Å². The molecule has 1 aliphatic rings. The summed E-state index contributed by atoms with van der Waals surface area (Å²) in [5, 5.41) is 0. The maximum absolute atomic E-state index is 12.2. The van der Waals surface area contributed by atoms with Gasteiger partial charge in [-0.05, 0) is 25.7 Å². The molecular formula is C12H25N3O. The third-order valence-electron chi connectivity index (χ3n) is 3.08. The molecule has 1 saturated heterocycles. The van der Waals surface area contributed by atoms with Crippen LogP contribution in [0.25, 0.3) is 0 Å². The summed E-state index contributed by atoms with van der Waals surface area (Å²) in [5.41, 5.74) is 5.56. The average molecular weight is 227 g/mol. The van der Waals surface area contributed by atoms with Crippen LogP contribution in [0, 0.1) is 0 Å². The standard InChI is InChI=1S/C12H25N3O/c1-2-3-8-15(11-7-13)12(16)14-9-5-4-6-10-14/h2-11,13H2,1H3. The molecule has 0 saturated carbocycles. The first-order chi connectivity index (χ1) is 7.79. The van der Waals surface area contributed by atoms with Crippen molar-refractivity contribution in [1.82, 2.24) is 9.80 Å². The molecule has 94 valence electrons. The Kier molecular flexibility index (Phi) is 6.23. The van der Waals surface area contributed by atoms with Crippen LogP contribution in [0.2, 0.25) is 0 Å². The Morgan fingerprint density at radius 1 is 1.25 bits per heavy atom. The lowest BCUT2D eigenvalue weighted by molar-refractivity contribution is 0.144. The van der Waals surface area contributed by atoms with E-state index in [1.54, 1.807) is 0 Å². The minimum absolute atomic E-state index is 0.193. The number of piperidine rings is 1. The third kappa shape index (κ3) is 4.00. The van der Waals surface area contributed by atoms with Crippen LogP contribution in [0.4, 0.5) is 4.79 Å². The second-order valence-corrected chi connectivity index (χ2v) is 4.46. The van der Waals surface area contributed by atoms with Crippen molar-refractivity contribution in [2.24, 2.45) is 5.73 Å². The van der Waals surface area contributed by atoms with Gasteiger partial charge in [0.1, 0.15) is 0 Å². The van der Waals surface area contributed by atoms with Crippen LogP contribution >= 0.6 is 0 Å². The molecule has 1 fully saturated rings. The zero-order valence-corrected chi connectivity index (χ0v) is 10.5. The summed E-state index contributed by atoms with van der Waals surface area (Å²) in [7, 11) is 0. The predicted octanol–water partition coefficient (Wildman–Crippen LogP) is 1.65. The Labute approximate surface area is 98.8 Å². The minimum Gasteiger partial charge on any atom is -0.329 e. The van der Waals surface area contributed by atoms with Crippen LogP contribution in [0.1, 0.15) is 39.0 Å². The van der Waals surface area contributed by atoms with Gasteiger partial charge in [-0.1, -0.05) is 13.3 Å². The monoisotopic (exact) mass is 227 g/mol. The van der Waals surface area contributed by atoms with E-state index in [2.05, 4.69) is 6.92 Å². The van der Waals surface area contributed by atoms with E-state index >= 15 is 0 Å². The number of carbonyl (C=O) groups excluding carboxylic acids is 1. The van der Waals surface area contributed by atoms with Gasteiger partial charge in [0.05, 0.1) is 0 Å². The molecule has 0 aromatic heterocycles. The summed E-state index contributed by atoms with van der Waals surface area (Å²) < 4.78 is 0. The summed E-state index contributed by atoms with van der Waals surface area (Å²) in [6.07, 6.45) is 5.75. The van der Waals surface area contributed by atoms with Gasteiger partial charge >= 0.3 is 6.03 Å². The highest BCUT2D eigenvalue weighted by molar-refractivity contribution is 5.74. The van der Waals surface area contributed by atoms with Crippen LogP contribution in [0.15, 0.2) is 0 Å². The number of likely N-dealkylation sites (tertiary alicyclic amines) is 1. The fourth-order valence-corrected chi connectivity index (χ4v) is 2.09. The SMILES string of the molecule is CCCCN(CCN)C(=O)N1CCCCC1. The molecule has 0 atom stereocenters. The van der Waals surface area contributed by atoms with Gasteiger partial charge in [0.2, 0.25) is 0 Å². The lowest BCUT2D eigenvalue weighted by Crippen LogP contribution is -2.47. The molecule has 4 nitrogen and oxygen atoms in total. The molecule has 2 amide bonds. The molecule has 0 spiro atoms. The second kappa shape index (κ2) is 7.49. The van der Waals surface area contributed by atoms with Crippen LogP contribution in [0.5, 0.6) is 0 Å². The van der Waals surface area contributed by atoms with Crippen molar-refractivity contribution >= 4 is 6.03 Å². The van der Waals surface area contributed by atoms with E-state index in [9.17, 15) is 4.79 Å². The van der Waals surface area contributed by atoms with Gasteiger partial charge in [0.15, 0.2) is 0 Å². The normalized spacial score (nSPS) is 16.2. The summed E-state index contributed by atoms with van der Waals surface area (Å²) in [5.74, 6) is 0. The van der Waals surface area contributed by atoms with E-state index in [0.717, 1.165) is 45.3 Å². The van der Waals surface area contributed by atoms with Gasteiger partial charge in [0, 0.05) is 32.7 Å². The van der Waals surface area contributed by atoms with Crippen molar-refractivity contribution in [3.8, 4) is 0 Å². The lowest BCUT2D eigenvalue weighted by atomic mass is 10.1. The van der Waals surface area contributed by atoms with Gasteiger partial charge in [-0.25, -0.2) is 4.79 Å². The number of hydrogen-bond donors (Lipinski definition) is 1. The fourth-order valence-electron chi connectivity index (χ4n) is 2.09. The van der Waals surface area contributed by atoms with Crippen LogP contribution in [-0.4, -0.2) is 48.6 Å². The average Bonchev–Trinajstić information content (AvgIpc) is 2.35. The van der Waals surface area contributed by atoms with E-state index in [4.69, 9.17) is 5.73 Å². The highest BCUT2D eigenvalue weighted by Gasteiger charge is 2.21. The molecule has 0 aliphatic carbocycles. The smallest absolute Gasteiger partial charge is 0.320 e. The predicted molar refractivity (Wildman–Crippen MR) is 66.4 cm³/mol. The van der Waals surface area contributed by atoms with E-state index in [1.807, 2.05) is 9.80 Å². The number of nitrogens with zero attached hydrogens (tertiary/aromatic N) is 2. The van der Waals surface area contributed by atoms with Gasteiger partial charge in [-0.3, -0.25) is 0 Å². The summed E-state index contributed by atoms with van der Waals surface area (Å²) in [6, 6.07) is 0.193. The van der Waals surface area contributed by atoms with Crippen molar-refractivity contribution < 1.29 is 4.79 Å². The van der Waals surface area contributed by atoms with Crippen molar-refractivity contribution in [2.75, 3.05) is 32.7 Å². The molecule has 1 rings (SSSR count). The quantitative estimate of drug-likeness (QED) is 0.776. The van der Waals surface area contributed by atoms with Gasteiger partial charge < -0.3 is 15.5 Å². The molecule has 0 aromatic carbocycles. The van der Waals surface area contributed by atoms with Crippen molar-refractivity contribution in [2.45, 2.75) is 39.0 Å². The number of urea groups is 1. The largest absolute Gasteiger partial charge is 0.329 e. The Morgan fingerprint density at radius 2 is 1.94 bits per heavy atom. The molecule has 16 heavy (non-hydrogen) atoms. The highest BCUT2D eigenvalue weighted by atomic mass is 16.2. The number of amides is 2. The van der Waals surface area contributed by atoms with Crippen LogP contribution in [0.3, 0.4) is 0 Å². The maximum Gasteiger partial charge on any atom is 0.320 e. The second-order valence-electron chi connectivity index (χ2n) is 4.46. The molecule has 1 heterocycles. The molecule has 0 aromatic rings. The maximum atomic E-state index is 12.2. The molecular weight excluding hydrogens is 202 g/mol. The van der Waals surface area contributed by atoms with E-state index < -0.39 is 0 Å². The molecule has 2 N–H and O–H groups in total. The third-order valence-corrected chi connectivity index (χ3v) is 3.08. The minimum atomic E-state index is 0.193. The molecule has 1 aliphatic heterocycles. The van der Waals surface area contributed by atoms with Crippen molar-refractivity contribution in [3.63, 3.8) is 0 Å². The number of carbonyl (C=O) groups is 1. The number of nitrogens with two attached hydrogens (primary N) is 1. The molecule has 0 bridgehead atoms. The molecule has 0 unspecified atom stereocenters. The lowest BCUT2D eigenvalue weighted by Gasteiger charge is -2.32. The highest BCUT2D eigenvalue weighted by Crippen LogP contribution is 2.11. The van der Waals surface area contributed by atoms with E-state index in [-0.39, 0.29) is 6.03 Å². The van der Waals surface area contributed by atoms with Gasteiger partial charge in [0.25, 0.3) is 0 Å². The topological polar surface area (TPSA) is 49.6 Å². The van der Waals surface area contributed by atoms with E-state index in [0.29, 0.717) is 13.1 Å². The first kappa shape index (κ1) is 13.3. The number of unbranched alkanes of at least 4 members (excludes halogenated alkanes) is 1. The zero-order valence-electron chi connectivity index (χ0n) is 10.5. The molecule has 4 heteroatoms. The van der Waals surface area contributed by atoms with Gasteiger partial charge in [-0.2, -0.15) is 0 Å². The summed E-state index contributed by atoms with van der Waals surface area (Å²) >= 11 is 0. The van der Waals surface area contributed by atoms with Crippen molar-refractivity contribution in [3.05, 3.63) is 0 Å². The van der Waals surface area contributed by atoms with Crippen LogP contribution in [-0.2, 0) is 0 Å². The number of rotatable bonds is 5. The molecule has 0 radical (unpaired) electrons. The van der Waals surface area contributed by atoms with E-state index in [1.165, 1.54) is 6.42 Å². The first-order valence-electron chi connectivity index (χ1n) is 6.53. The summed E-state index contributed by atoms with van der Waals surface area (Å²) in [6.45, 7) is 6.09.